The first-order valence-electron chi connectivity index (χ1n) is 6.00. The average molecular weight is 232 g/mol. The molecule has 2 aromatic rings. The molecule has 2 heterocycles. The number of rotatable bonds is 4. The largest absolute Gasteiger partial charge is 0.378 e. The Hall–Kier alpha value is -1.71. The van der Waals surface area contributed by atoms with Gasteiger partial charge in [0.05, 0.1) is 11.9 Å². The summed E-state index contributed by atoms with van der Waals surface area (Å²) in [5, 5.41) is 7.64. The second-order valence-electron chi connectivity index (χ2n) is 4.39. The SMILES string of the molecule is CCn1cc(NCc2cc(C)n(C)c2C)cn1. The fourth-order valence-corrected chi connectivity index (χ4v) is 1.94. The Labute approximate surface area is 102 Å². The van der Waals surface area contributed by atoms with Crippen molar-refractivity contribution in [1.82, 2.24) is 14.3 Å². The van der Waals surface area contributed by atoms with E-state index in [-0.39, 0.29) is 0 Å². The zero-order valence-electron chi connectivity index (χ0n) is 11.0. The fraction of sp³-hybridized carbons (Fsp3) is 0.462. The molecular formula is C13H20N4. The molecule has 1 N–H and O–H groups in total. The van der Waals surface area contributed by atoms with Gasteiger partial charge in [0.25, 0.3) is 0 Å². The van der Waals surface area contributed by atoms with E-state index < -0.39 is 0 Å². The Morgan fingerprint density at radius 1 is 1.35 bits per heavy atom. The van der Waals surface area contributed by atoms with Crippen LogP contribution in [0, 0.1) is 13.8 Å². The van der Waals surface area contributed by atoms with Crippen LogP contribution in [0.4, 0.5) is 5.69 Å². The van der Waals surface area contributed by atoms with E-state index in [1.807, 2.05) is 17.1 Å². The van der Waals surface area contributed by atoms with E-state index in [0.29, 0.717) is 0 Å². The molecule has 0 saturated carbocycles. The third kappa shape index (κ3) is 2.35. The lowest BCUT2D eigenvalue weighted by molar-refractivity contribution is 0.660. The highest BCUT2D eigenvalue weighted by Gasteiger charge is 2.05. The molecule has 0 aliphatic heterocycles. The molecule has 0 aliphatic carbocycles. The zero-order valence-corrected chi connectivity index (χ0v) is 11.0. The molecule has 0 spiro atoms. The Kier molecular flexibility index (Phi) is 3.22. The summed E-state index contributed by atoms with van der Waals surface area (Å²) in [6.07, 6.45) is 3.90. The number of nitrogens with one attached hydrogen (secondary N) is 1. The molecule has 4 heteroatoms. The maximum atomic E-state index is 4.24. The van der Waals surface area contributed by atoms with Gasteiger partial charge in [-0.1, -0.05) is 0 Å². The monoisotopic (exact) mass is 232 g/mol. The Balaban J connectivity index is 2.04. The van der Waals surface area contributed by atoms with Crippen molar-refractivity contribution < 1.29 is 0 Å². The predicted octanol–water partition coefficient (Wildman–Crippen LogP) is 2.47. The number of nitrogens with zero attached hydrogens (tertiary/aromatic N) is 3. The minimum Gasteiger partial charge on any atom is -0.378 e. The molecule has 0 unspecified atom stereocenters. The second kappa shape index (κ2) is 4.65. The first kappa shape index (κ1) is 11.8. The molecule has 2 aromatic heterocycles. The van der Waals surface area contributed by atoms with Gasteiger partial charge in [-0.2, -0.15) is 5.10 Å². The van der Waals surface area contributed by atoms with Crippen LogP contribution in [0.2, 0.25) is 0 Å². The van der Waals surface area contributed by atoms with Crippen LogP contribution in [0.25, 0.3) is 0 Å². The van der Waals surface area contributed by atoms with Crippen molar-refractivity contribution in [2.24, 2.45) is 7.05 Å². The van der Waals surface area contributed by atoms with Crippen molar-refractivity contribution in [3.63, 3.8) is 0 Å². The van der Waals surface area contributed by atoms with E-state index in [9.17, 15) is 0 Å². The summed E-state index contributed by atoms with van der Waals surface area (Å²) in [6, 6.07) is 2.23. The van der Waals surface area contributed by atoms with Crippen LogP contribution in [0.5, 0.6) is 0 Å². The second-order valence-corrected chi connectivity index (χ2v) is 4.39. The smallest absolute Gasteiger partial charge is 0.0729 e. The topological polar surface area (TPSA) is 34.8 Å². The molecule has 0 saturated heterocycles. The first-order valence-corrected chi connectivity index (χ1v) is 6.00. The zero-order chi connectivity index (χ0) is 12.4. The minimum atomic E-state index is 0.850. The molecule has 0 aliphatic rings. The normalized spacial score (nSPS) is 10.8. The Morgan fingerprint density at radius 3 is 2.65 bits per heavy atom. The van der Waals surface area contributed by atoms with E-state index in [4.69, 9.17) is 0 Å². The van der Waals surface area contributed by atoms with Gasteiger partial charge in [0.1, 0.15) is 0 Å². The van der Waals surface area contributed by atoms with E-state index in [0.717, 1.165) is 18.8 Å². The first-order chi connectivity index (χ1) is 8.11. The van der Waals surface area contributed by atoms with Gasteiger partial charge in [0.2, 0.25) is 0 Å². The summed E-state index contributed by atoms with van der Waals surface area (Å²) in [5.74, 6) is 0. The average Bonchev–Trinajstić information content (AvgIpc) is 2.88. The van der Waals surface area contributed by atoms with Crippen molar-refractivity contribution in [3.05, 3.63) is 35.4 Å². The highest BCUT2D eigenvalue weighted by molar-refractivity contribution is 5.40. The van der Waals surface area contributed by atoms with Crippen molar-refractivity contribution in [3.8, 4) is 0 Å². The van der Waals surface area contributed by atoms with Gasteiger partial charge in [-0.05, 0) is 32.4 Å². The molecule has 0 fully saturated rings. The molecule has 2 rings (SSSR count). The quantitative estimate of drug-likeness (QED) is 0.878. The van der Waals surface area contributed by atoms with Crippen LogP contribution in [-0.2, 0) is 20.1 Å². The van der Waals surface area contributed by atoms with Gasteiger partial charge in [0, 0.05) is 37.7 Å². The van der Waals surface area contributed by atoms with Crippen molar-refractivity contribution in [2.75, 3.05) is 5.32 Å². The number of hydrogen-bond acceptors (Lipinski definition) is 2. The molecule has 0 radical (unpaired) electrons. The third-order valence-electron chi connectivity index (χ3n) is 3.32. The molecular weight excluding hydrogens is 212 g/mol. The van der Waals surface area contributed by atoms with E-state index in [2.05, 4.69) is 48.9 Å². The van der Waals surface area contributed by atoms with Crippen molar-refractivity contribution in [1.29, 1.82) is 0 Å². The fourth-order valence-electron chi connectivity index (χ4n) is 1.94. The number of aryl methyl sites for hydroxylation is 2. The Morgan fingerprint density at radius 2 is 2.12 bits per heavy atom. The van der Waals surface area contributed by atoms with Crippen molar-refractivity contribution >= 4 is 5.69 Å². The Bertz CT molecular complexity index is 507. The maximum absolute atomic E-state index is 4.24. The molecule has 17 heavy (non-hydrogen) atoms. The van der Waals surface area contributed by atoms with Gasteiger partial charge in [-0.15, -0.1) is 0 Å². The van der Waals surface area contributed by atoms with Gasteiger partial charge in [0.15, 0.2) is 0 Å². The molecule has 4 nitrogen and oxygen atoms in total. The maximum Gasteiger partial charge on any atom is 0.0729 e. The molecule has 0 aromatic carbocycles. The standard InChI is InChI=1S/C13H20N4/c1-5-17-9-13(8-15-17)14-7-12-6-10(2)16(4)11(12)3/h6,8-9,14H,5,7H2,1-4H3. The highest BCUT2D eigenvalue weighted by Crippen LogP contribution is 2.15. The van der Waals surface area contributed by atoms with Crippen molar-refractivity contribution in [2.45, 2.75) is 33.9 Å². The summed E-state index contributed by atoms with van der Waals surface area (Å²) in [6.45, 7) is 8.13. The molecule has 92 valence electrons. The lowest BCUT2D eigenvalue weighted by atomic mass is 10.2. The summed E-state index contributed by atoms with van der Waals surface area (Å²) < 4.78 is 4.14. The summed E-state index contributed by atoms with van der Waals surface area (Å²) in [7, 11) is 2.10. The molecule has 0 amide bonds. The van der Waals surface area contributed by atoms with E-state index in [1.165, 1.54) is 17.0 Å². The van der Waals surface area contributed by atoms with Crippen LogP contribution in [-0.4, -0.2) is 14.3 Å². The lowest BCUT2D eigenvalue weighted by Gasteiger charge is -2.04. The number of aromatic nitrogens is 3. The van der Waals surface area contributed by atoms with Gasteiger partial charge in [-0.25, -0.2) is 0 Å². The van der Waals surface area contributed by atoms with E-state index >= 15 is 0 Å². The summed E-state index contributed by atoms with van der Waals surface area (Å²) in [4.78, 5) is 0. The van der Waals surface area contributed by atoms with Gasteiger partial charge in [-0.3, -0.25) is 4.68 Å². The lowest BCUT2D eigenvalue weighted by Crippen LogP contribution is -2.01. The predicted molar refractivity (Wildman–Crippen MR) is 70.1 cm³/mol. The number of hydrogen-bond donors (Lipinski definition) is 1. The number of anilines is 1. The van der Waals surface area contributed by atoms with Gasteiger partial charge >= 0.3 is 0 Å². The van der Waals surface area contributed by atoms with Crippen LogP contribution >= 0.6 is 0 Å². The van der Waals surface area contributed by atoms with Crippen LogP contribution < -0.4 is 5.32 Å². The molecule has 0 atom stereocenters. The van der Waals surface area contributed by atoms with Crippen LogP contribution in [0.1, 0.15) is 23.9 Å². The molecule has 0 bridgehead atoms. The third-order valence-corrected chi connectivity index (χ3v) is 3.32. The van der Waals surface area contributed by atoms with Gasteiger partial charge < -0.3 is 9.88 Å². The van der Waals surface area contributed by atoms with Crippen LogP contribution in [0.15, 0.2) is 18.5 Å². The van der Waals surface area contributed by atoms with E-state index in [1.54, 1.807) is 0 Å². The summed E-state index contributed by atoms with van der Waals surface area (Å²) in [5.41, 5.74) is 5.03. The summed E-state index contributed by atoms with van der Waals surface area (Å²) >= 11 is 0. The van der Waals surface area contributed by atoms with Crippen LogP contribution in [0.3, 0.4) is 0 Å². The minimum absolute atomic E-state index is 0.850. The highest BCUT2D eigenvalue weighted by atomic mass is 15.3.